The van der Waals surface area contributed by atoms with E-state index in [1.54, 1.807) is 17.0 Å². The maximum absolute atomic E-state index is 14.0. The average molecular weight is 278 g/mol. The van der Waals surface area contributed by atoms with Crippen molar-refractivity contribution in [1.29, 1.82) is 0 Å². The van der Waals surface area contributed by atoms with Gasteiger partial charge in [0, 0.05) is 12.6 Å². The molecule has 2 atom stereocenters. The minimum atomic E-state index is -0.434. The molecule has 0 heterocycles. The van der Waals surface area contributed by atoms with Crippen molar-refractivity contribution < 1.29 is 9.18 Å². The van der Waals surface area contributed by atoms with Gasteiger partial charge in [0.25, 0.3) is 5.91 Å². The summed E-state index contributed by atoms with van der Waals surface area (Å²) in [6.07, 6.45) is 3.11. The van der Waals surface area contributed by atoms with Crippen LogP contribution in [0.25, 0.3) is 0 Å². The van der Waals surface area contributed by atoms with Crippen molar-refractivity contribution in [3.63, 3.8) is 0 Å². The standard InChI is InChI=1S/C16H23FN2O/c1-3-19(15-6-4-5-12(15)10-18)16(20)13-8-7-11(2)9-14(13)17/h7-9,12,15H,3-6,10,18H2,1-2H3. The molecule has 1 aromatic rings. The van der Waals surface area contributed by atoms with Gasteiger partial charge in [-0.05, 0) is 56.8 Å². The van der Waals surface area contributed by atoms with E-state index in [0.29, 0.717) is 19.0 Å². The summed E-state index contributed by atoms with van der Waals surface area (Å²) in [7, 11) is 0. The molecule has 0 bridgehead atoms. The second-order valence-corrected chi connectivity index (χ2v) is 5.57. The fourth-order valence-electron chi connectivity index (χ4n) is 3.18. The van der Waals surface area contributed by atoms with E-state index in [1.807, 2.05) is 13.8 Å². The summed E-state index contributed by atoms with van der Waals surface area (Å²) in [5, 5.41) is 0. The summed E-state index contributed by atoms with van der Waals surface area (Å²) in [5.41, 5.74) is 6.78. The van der Waals surface area contributed by atoms with Crippen LogP contribution in [0.15, 0.2) is 18.2 Å². The third-order valence-corrected chi connectivity index (χ3v) is 4.28. The van der Waals surface area contributed by atoms with Crippen molar-refractivity contribution >= 4 is 5.91 Å². The second-order valence-electron chi connectivity index (χ2n) is 5.57. The van der Waals surface area contributed by atoms with E-state index in [0.717, 1.165) is 24.8 Å². The number of nitrogens with two attached hydrogens (primary N) is 1. The van der Waals surface area contributed by atoms with Crippen molar-refractivity contribution in [2.45, 2.75) is 39.2 Å². The normalized spacial score (nSPS) is 22.0. The molecule has 2 unspecified atom stereocenters. The molecule has 20 heavy (non-hydrogen) atoms. The number of nitrogens with zero attached hydrogens (tertiary/aromatic N) is 1. The Labute approximate surface area is 120 Å². The highest BCUT2D eigenvalue weighted by Crippen LogP contribution is 2.30. The largest absolute Gasteiger partial charge is 0.336 e. The van der Waals surface area contributed by atoms with E-state index in [-0.39, 0.29) is 17.5 Å². The molecule has 1 aliphatic rings. The Balaban J connectivity index is 2.24. The minimum absolute atomic E-state index is 0.151. The zero-order valence-electron chi connectivity index (χ0n) is 12.2. The van der Waals surface area contributed by atoms with Crippen LogP contribution in [0.5, 0.6) is 0 Å². The fraction of sp³-hybridized carbons (Fsp3) is 0.562. The Morgan fingerprint density at radius 3 is 2.80 bits per heavy atom. The number of aryl methyl sites for hydroxylation is 1. The lowest BCUT2D eigenvalue weighted by atomic mass is 10.0. The highest BCUT2D eigenvalue weighted by molar-refractivity contribution is 5.94. The molecule has 1 fully saturated rings. The maximum Gasteiger partial charge on any atom is 0.257 e. The third kappa shape index (κ3) is 2.85. The van der Waals surface area contributed by atoms with Gasteiger partial charge in [-0.15, -0.1) is 0 Å². The van der Waals surface area contributed by atoms with Crippen LogP contribution in [-0.2, 0) is 0 Å². The molecule has 4 heteroatoms. The van der Waals surface area contributed by atoms with Crippen LogP contribution < -0.4 is 5.73 Å². The Hall–Kier alpha value is -1.42. The smallest absolute Gasteiger partial charge is 0.257 e. The monoisotopic (exact) mass is 278 g/mol. The molecule has 110 valence electrons. The van der Waals surface area contributed by atoms with E-state index in [2.05, 4.69) is 0 Å². The number of hydrogen-bond donors (Lipinski definition) is 1. The van der Waals surface area contributed by atoms with Crippen molar-refractivity contribution in [1.82, 2.24) is 4.90 Å². The van der Waals surface area contributed by atoms with Crippen LogP contribution in [0.2, 0.25) is 0 Å². The molecule has 0 radical (unpaired) electrons. The molecular weight excluding hydrogens is 255 g/mol. The molecule has 1 saturated carbocycles. The zero-order valence-corrected chi connectivity index (χ0v) is 12.2. The number of carbonyl (C=O) groups excluding carboxylic acids is 1. The third-order valence-electron chi connectivity index (χ3n) is 4.28. The Kier molecular flexibility index (Phi) is 4.76. The molecule has 0 aromatic heterocycles. The molecule has 1 amide bonds. The first kappa shape index (κ1) is 15.0. The highest BCUT2D eigenvalue weighted by Gasteiger charge is 2.34. The molecular formula is C16H23FN2O. The molecule has 1 aromatic carbocycles. The molecule has 0 aliphatic heterocycles. The first-order chi connectivity index (χ1) is 9.58. The summed E-state index contributed by atoms with van der Waals surface area (Å²) in [6, 6.07) is 4.93. The number of benzene rings is 1. The topological polar surface area (TPSA) is 46.3 Å². The van der Waals surface area contributed by atoms with E-state index in [9.17, 15) is 9.18 Å². The van der Waals surface area contributed by atoms with Gasteiger partial charge in [-0.3, -0.25) is 4.79 Å². The van der Waals surface area contributed by atoms with Gasteiger partial charge in [0.05, 0.1) is 5.56 Å². The predicted octanol–water partition coefficient (Wildman–Crippen LogP) is 2.72. The zero-order chi connectivity index (χ0) is 14.7. The summed E-state index contributed by atoms with van der Waals surface area (Å²) in [5.74, 6) is -0.307. The lowest BCUT2D eigenvalue weighted by molar-refractivity contribution is 0.0647. The van der Waals surface area contributed by atoms with Crippen molar-refractivity contribution in [2.75, 3.05) is 13.1 Å². The maximum atomic E-state index is 14.0. The first-order valence-electron chi connectivity index (χ1n) is 7.35. The van der Waals surface area contributed by atoms with E-state index in [4.69, 9.17) is 5.73 Å². The van der Waals surface area contributed by atoms with Crippen molar-refractivity contribution in [2.24, 2.45) is 11.7 Å². The molecule has 1 aliphatic carbocycles. The molecule has 3 nitrogen and oxygen atoms in total. The van der Waals surface area contributed by atoms with Gasteiger partial charge in [0.2, 0.25) is 0 Å². The van der Waals surface area contributed by atoms with Gasteiger partial charge in [-0.2, -0.15) is 0 Å². The Morgan fingerprint density at radius 1 is 1.45 bits per heavy atom. The minimum Gasteiger partial charge on any atom is -0.336 e. The van der Waals surface area contributed by atoms with Crippen LogP contribution in [0.1, 0.15) is 42.1 Å². The second kappa shape index (κ2) is 6.35. The average Bonchev–Trinajstić information content (AvgIpc) is 2.87. The number of halogens is 1. The van der Waals surface area contributed by atoms with Crippen molar-refractivity contribution in [3.05, 3.63) is 35.1 Å². The molecule has 2 N–H and O–H groups in total. The van der Waals surface area contributed by atoms with Gasteiger partial charge in [0.1, 0.15) is 5.82 Å². The van der Waals surface area contributed by atoms with Crippen LogP contribution in [0.3, 0.4) is 0 Å². The van der Waals surface area contributed by atoms with E-state index >= 15 is 0 Å². The molecule has 0 spiro atoms. The van der Waals surface area contributed by atoms with Crippen LogP contribution >= 0.6 is 0 Å². The van der Waals surface area contributed by atoms with E-state index < -0.39 is 5.82 Å². The fourth-order valence-corrected chi connectivity index (χ4v) is 3.18. The summed E-state index contributed by atoms with van der Waals surface area (Å²) < 4.78 is 14.0. The molecule has 0 saturated heterocycles. The summed E-state index contributed by atoms with van der Waals surface area (Å²) in [6.45, 7) is 4.93. The SMILES string of the molecule is CCN(C(=O)c1ccc(C)cc1F)C1CCCC1CN. The summed E-state index contributed by atoms with van der Waals surface area (Å²) in [4.78, 5) is 14.4. The van der Waals surface area contributed by atoms with Gasteiger partial charge in [0.15, 0.2) is 0 Å². The number of rotatable bonds is 4. The lowest BCUT2D eigenvalue weighted by Gasteiger charge is -2.32. The quantitative estimate of drug-likeness (QED) is 0.920. The summed E-state index contributed by atoms with van der Waals surface area (Å²) >= 11 is 0. The van der Waals surface area contributed by atoms with Gasteiger partial charge >= 0.3 is 0 Å². The highest BCUT2D eigenvalue weighted by atomic mass is 19.1. The van der Waals surface area contributed by atoms with Gasteiger partial charge in [-0.25, -0.2) is 4.39 Å². The Morgan fingerprint density at radius 2 is 2.20 bits per heavy atom. The Bertz CT molecular complexity index is 489. The van der Waals surface area contributed by atoms with Crippen LogP contribution in [0, 0.1) is 18.7 Å². The van der Waals surface area contributed by atoms with Crippen molar-refractivity contribution in [3.8, 4) is 0 Å². The molecule has 2 rings (SSSR count). The predicted molar refractivity (Wildman–Crippen MR) is 78.0 cm³/mol. The van der Waals surface area contributed by atoms with Gasteiger partial charge < -0.3 is 10.6 Å². The first-order valence-corrected chi connectivity index (χ1v) is 7.35. The number of amides is 1. The van der Waals surface area contributed by atoms with E-state index in [1.165, 1.54) is 6.07 Å². The number of hydrogen-bond acceptors (Lipinski definition) is 2. The van der Waals surface area contributed by atoms with Crippen LogP contribution in [-0.4, -0.2) is 29.9 Å². The van der Waals surface area contributed by atoms with Crippen LogP contribution in [0.4, 0.5) is 4.39 Å². The lowest BCUT2D eigenvalue weighted by Crippen LogP contribution is -2.44. The van der Waals surface area contributed by atoms with Gasteiger partial charge in [-0.1, -0.05) is 12.5 Å². The number of carbonyl (C=O) groups is 1.